The molecule has 5 atom stereocenters. The maximum Gasteiger partial charge on any atom is 0.498 e. The van der Waals surface area contributed by atoms with Gasteiger partial charge in [-0.05, 0) is 104 Å². The number of aromatic nitrogens is 2. The lowest BCUT2D eigenvalue weighted by molar-refractivity contribution is -0.793. The van der Waals surface area contributed by atoms with Crippen molar-refractivity contribution in [3.8, 4) is 39.2 Å². The van der Waals surface area contributed by atoms with Gasteiger partial charge in [0.25, 0.3) is 22.7 Å². The first-order valence-corrected chi connectivity index (χ1v) is 24.0. The van der Waals surface area contributed by atoms with Crippen molar-refractivity contribution in [1.29, 1.82) is 0 Å². The van der Waals surface area contributed by atoms with E-state index in [-0.39, 0.29) is 17.6 Å². The Hall–Kier alpha value is -7.67. The molecule has 7 heterocycles. The summed E-state index contributed by atoms with van der Waals surface area (Å²) in [6, 6.07) is 68.1. The van der Waals surface area contributed by atoms with Gasteiger partial charge in [-0.1, -0.05) is 142 Å². The summed E-state index contributed by atoms with van der Waals surface area (Å²) in [4.78, 5) is 0. The number of hydrogen-bond acceptors (Lipinski definition) is 0. The fourth-order valence-electron chi connectivity index (χ4n) is 14.1. The molecule has 1 saturated heterocycles. The first kappa shape index (κ1) is 36.5. The summed E-state index contributed by atoms with van der Waals surface area (Å²) in [6.45, 7) is 7.06. The fraction of sp³-hybridized carbons (Fsp3) is 0.113. The minimum Gasteiger partial charge on any atom is -0.181 e. The van der Waals surface area contributed by atoms with Crippen LogP contribution < -0.4 is 18.5 Å². The number of quaternary nitrogens is 3. The Balaban J connectivity index is 1.16. The number of nitrogens with zero attached hydrogens (tertiary/aromatic N) is 5. The van der Waals surface area contributed by atoms with Crippen molar-refractivity contribution in [2.24, 2.45) is 0 Å². The van der Waals surface area contributed by atoms with Gasteiger partial charge in [-0.25, -0.2) is 0 Å². The standard InChI is InChI=1S/C62H47N5/c1-62(2,3)43-34-35-63-56(38-43)64-52-28-13-12-24-46(52)47-32-33-49-51-37-42-23-11-10-22-41(42)36-50(51)48-27-17-31-55-59(48)65(63,60(49)57(47)64)61-66(55)53-29-14-15-30-54(53)67(61,66)58-44(39-18-6-4-7-19-39)25-16-26-45(58)40-20-8-5-9-21-40/h4-20,22-38,40,61H,21H2,1-3H3/q+4. The molecule has 316 valence electrons. The average Bonchev–Trinajstić information content (AvgIpc) is 3.61. The van der Waals surface area contributed by atoms with Gasteiger partial charge in [0, 0.05) is 65.9 Å². The molecule has 5 unspecified atom stereocenters. The lowest BCUT2D eigenvalue weighted by Crippen LogP contribution is -2.74. The molecule has 5 heteroatoms. The van der Waals surface area contributed by atoms with Gasteiger partial charge in [0.2, 0.25) is 16.9 Å². The number of allylic oxidation sites excluding steroid dienone is 4. The molecule has 0 bridgehead atoms. The second-order valence-electron chi connectivity index (χ2n) is 20.7. The summed E-state index contributed by atoms with van der Waals surface area (Å²) < 4.78 is 7.27. The third-order valence-corrected chi connectivity index (χ3v) is 16.6. The van der Waals surface area contributed by atoms with Gasteiger partial charge in [0.1, 0.15) is 5.52 Å². The van der Waals surface area contributed by atoms with E-state index in [1.54, 1.807) is 0 Å². The van der Waals surface area contributed by atoms with Crippen molar-refractivity contribution in [2.75, 3.05) is 0 Å². The molecule has 5 nitrogen and oxygen atoms in total. The van der Waals surface area contributed by atoms with Crippen molar-refractivity contribution in [2.45, 2.75) is 44.8 Å². The minimum atomic E-state index is -0.0715. The van der Waals surface area contributed by atoms with Crippen LogP contribution in [0.4, 0.5) is 34.1 Å². The van der Waals surface area contributed by atoms with Crippen molar-refractivity contribution < 1.29 is 4.68 Å². The highest BCUT2D eigenvalue weighted by molar-refractivity contribution is 6.21. The third kappa shape index (κ3) is 3.95. The molecule has 2 spiro atoms. The maximum atomic E-state index is 2.73. The average molecular weight is 862 g/mol. The SMILES string of the molecule is CC(C)(C)c1cc[n+]2c(c1)-n1c3ccccc3c3ccc4c(c31)[N+]21c2c(cccc2[N+]23c5ccccc5[N+]2(c2c(-c5ccccc5)cccc2C2C=CC=CC2)C13)-c1cc2ccccc2cc1-4. The highest BCUT2D eigenvalue weighted by Gasteiger charge is 3.11. The Labute approximate surface area is 389 Å². The second kappa shape index (κ2) is 12.0. The number of fused-ring (bicyclic) bond motifs is 12. The van der Waals surface area contributed by atoms with E-state index < -0.39 is 0 Å². The number of pyridine rings is 1. The molecule has 1 fully saturated rings. The van der Waals surface area contributed by atoms with Crippen molar-refractivity contribution in [3.63, 3.8) is 0 Å². The topological polar surface area (TPSA) is 8.81 Å². The predicted octanol–water partition coefficient (Wildman–Crippen LogP) is 15.4. The summed E-state index contributed by atoms with van der Waals surface area (Å²) in [5.74, 6) is 1.43. The van der Waals surface area contributed by atoms with E-state index in [1.807, 2.05) is 0 Å². The second-order valence-corrected chi connectivity index (χ2v) is 20.7. The van der Waals surface area contributed by atoms with E-state index >= 15 is 0 Å². The maximum absolute atomic E-state index is 2.73. The molecule has 0 amide bonds. The van der Waals surface area contributed by atoms with Crippen molar-refractivity contribution in [3.05, 3.63) is 218 Å². The van der Waals surface area contributed by atoms with Gasteiger partial charge < -0.3 is 0 Å². The summed E-state index contributed by atoms with van der Waals surface area (Å²) in [6.07, 6.45) is 12.7. The van der Waals surface area contributed by atoms with Gasteiger partial charge in [0.05, 0.1) is 11.1 Å². The quantitative estimate of drug-likeness (QED) is 0.0951. The van der Waals surface area contributed by atoms with E-state index in [4.69, 9.17) is 0 Å². The first-order valence-electron chi connectivity index (χ1n) is 24.0. The Morgan fingerprint density at radius 3 is 2.00 bits per heavy atom. The van der Waals surface area contributed by atoms with Crippen molar-refractivity contribution in [1.82, 2.24) is 18.3 Å². The number of rotatable bonds is 3. The highest BCUT2D eigenvalue weighted by atomic mass is 16.2. The molecule has 2 aromatic heterocycles. The normalized spacial score (nSPS) is 23.7. The molecule has 6 aliphatic rings. The van der Waals surface area contributed by atoms with Crippen LogP contribution >= 0.6 is 0 Å². The summed E-state index contributed by atoms with van der Waals surface area (Å²) in [5, 5.41) is 5.11. The summed E-state index contributed by atoms with van der Waals surface area (Å²) in [5.41, 5.74) is 21.3. The van der Waals surface area contributed by atoms with Gasteiger partial charge in [0.15, 0.2) is 6.20 Å². The third-order valence-electron chi connectivity index (χ3n) is 16.6. The fourth-order valence-corrected chi connectivity index (χ4v) is 14.1. The zero-order chi connectivity index (χ0) is 44.2. The van der Waals surface area contributed by atoms with Crippen LogP contribution in [0.3, 0.4) is 0 Å². The van der Waals surface area contributed by atoms with Crippen LogP contribution in [-0.2, 0) is 5.41 Å². The molecule has 0 saturated carbocycles. The van der Waals surface area contributed by atoms with E-state index in [0.717, 1.165) is 6.42 Å². The van der Waals surface area contributed by atoms with Crippen LogP contribution in [0.2, 0.25) is 0 Å². The van der Waals surface area contributed by atoms with Crippen LogP contribution in [0.25, 0.3) is 71.8 Å². The van der Waals surface area contributed by atoms with Crippen LogP contribution in [0, 0.1) is 0 Å². The van der Waals surface area contributed by atoms with Crippen LogP contribution in [0.5, 0.6) is 0 Å². The number of hydrogen-bond donors (Lipinski definition) is 0. The molecule has 1 aliphatic carbocycles. The number of para-hydroxylation sites is 5. The zero-order valence-electron chi connectivity index (χ0n) is 37.7. The van der Waals surface area contributed by atoms with E-state index in [0.29, 0.717) is 13.8 Å². The molecule has 10 aromatic rings. The minimum absolute atomic E-state index is 0.0654. The van der Waals surface area contributed by atoms with E-state index in [9.17, 15) is 0 Å². The Bertz CT molecular complexity index is 3980. The monoisotopic (exact) mass is 861 g/mol. The van der Waals surface area contributed by atoms with Gasteiger partial charge in [-0.2, -0.15) is 4.57 Å². The Morgan fingerprint density at radius 2 is 1.22 bits per heavy atom. The molecule has 16 rings (SSSR count). The zero-order valence-corrected chi connectivity index (χ0v) is 37.7. The molecule has 0 radical (unpaired) electrons. The molecular formula is C62H47N5+4. The summed E-state index contributed by atoms with van der Waals surface area (Å²) in [7, 11) is 0. The van der Waals surface area contributed by atoms with Gasteiger partial charge in [-0.3, -0.25) is 0 Å². The molecular weight excluding hydrogens is 815 g/mol. The van der Waals surface area contributed by atoms with Crippen LogP contribution in [0.1, 0.15) is 44.2 Å². The van der Waals surface area contributed by atoms with Crippen LogP contribution in [-0.4, -0.2) is 10.9 Å². The van der Waals surface area contributed by atoms with Gasteiger partial charge >= 0.3 is 12.1 Å². The smallest absolute Gasteiger partial charge is 0.181 e. The predicted molar refractivity (Wildman–Crippen MR) is 276 cm³/mol. The Morgan fingerprint density at radius 1 is 0.537 bits per heavy atom. The molecule has 67 heavy (non-hydrogen) atoms. The van der Waals surface area contributed by atoms with Gasteiger partial charge in [-0.15, -0.1) is 0 Å². The Kier molecular flexibility index (Phi) is 6.55. The lowest BCUT2D eigenvalue weighted by atomic mass is 9.87. The molecule has 0 N–H and O–H groups in total. The van der Waals surface area contributed by atoms with E-state index in [1.165, 1.54) is 117 Å². The summed E-state index contributed by atoms with van der Waals surface area (Å²) >= 11 is 0. The first-order chi connectivity index (χ1) is 32.9. The highest BCUT2D eigenvalue weighted by Crippen LogP contribution is 2.86. The van der Waals surface area contributed by atoms with E-state index in [2.05, 4.69) is 236 Å². The molecule has 8 aromatic carbocycles. The molecule has 5 aliphatic heterocycles. The van der Waals surface area contributed by atoms with Crippen LogP contribution in [0.15, 0.2) is 206 Å². The number of benzene rings is 8. The van der Waals surface area contributed by atoms with Crippen molar-refractivity contribution >= 4 is 66.7 Å². The lowest BCUT2D eigenvalue weighted by Gasteiger charge is -2.35. The largest absolute Gasteiger partial charge is 0.498 e.